The first-order valence-corrected chi connectivity index (χ1v) is 9.25. The molecule has 0 radical (unpaired) electrons. The Kier molecular flexibility index (Phi) is 6.19. The number of nitrogens with zero attached hydrogens (tertiary/aromatic N) is 1. The molecule has 0 spiro atoms. The summed E-state index contributed by atoms with van der Waals surface area (Å²) in [6.45, 7) is 4.09. The molecule has 1 amide bonds. The lowest BCUT2D eigenvalue weighted by atomic mass is 10.1. The SMILES string of the molecule is CSc1ccc(CN(C)C(=O)C(C)(C)Oc2ccc(Cl)cc2)cc1. The van der Waals surface area contributed by atoms with Crippen LogP contribution in [0.25, 0.3) is 0 Å². The van der Waals surface area contributed by atoms with E-state index < -0.39 is 5.60 Å². The first-order valence-electron chi connectivity index (χ1n) is 7.65. The van der Waals surface area contributed by atoms with E-state index in [9.17, 15) is 4.79 Å². The second kappa shape index (κ2) is 7.95. The molecular weight excluding hydrogens is 342 g/mol. The zero-order valence-corrected chi connectivity index (χ0v) is 15.9. The first kappa shape index (κ1) is 18.7. The van der Waals surface area contributed by atoms with Crippen LogP contribution in [0.2, 0.25) is 5.02 Å². The molecule has 3 nitrogen and oxygen atoms in total. The van der Waals surface area contributed by atoms with Crippen LogP contribution in [-0.4, -0.2) is 29.7 Å². The number of hydrogen-bond donors (Lipinski definition) is 0. The molecule has 5 heteroatoms. The van der Waals surface area contributed by atoms with Crippen molar-refractivity contribution in [3.63, 3.8) is 0 Å². The minimum absolute atomic E-state index is 0.0774. The van der Waals surface area contributed by atoms with Crippen molar-refractivity contribution in [2.45, 2.75) is 30.9 Å². The monoisotopic (exact) mass is 363 g/mol. The van der Waals surface area contributed by atoms with Gasteiger partial charge in [0, 0.05) is 23.5 Å². The van der Waals surface area contributed by atoms with E-state index >= 15 is 0 Å². The maximum absolute atomic E-state index is 12.7. The summed E-state index contributed by atoms with van der Waals surface area (Å²) in [5.41, 5.74) is 0.132. The van der Waals surface area contributed by atoms with Crippen molar-refractivity contribution < 1.29 is 9.53 Å². The molecule has 0 N–H and O–H groups in total. The van der Waals surface area contributed by atoms with Gasteiger partial charge in [0.1, 0.15) is 5.75 Å². The Labute approximate surface area is 153 Å². The highest BCUT2D eigenvalue weighted by atomic mass is 35.5. The third kappa shape index (κ3) is 4.92. The van der Waals surface area contributed by atoms with E-state index in [1.165, 1.54) is 4.90 Å². The van der Waals surface area contributed by atoms with E-state index in [1.54, 1.807) is 61.8 Å². The standard InChI is InChI=1S/C19H22ClNO2S/c1-19(2,23-16-9-7-15(20)8-10-16)18(22)21(3)13-14-5-11-17(24-4)12-6-14/h5-12H,13H2,1-4H3. The number of hydrogen-bond acceptors (Lipinski definition) is 3. The van der Waals surface area contributed by atoms with Gasteiger partial charge in [-0.2, -0.15) is 0 Å². The molecule has 0 unspecified atom stereocenters. The maximum Gasteiger partial charge on any atom is 0.266 e. The molecule has 0 atom stereocenters. The van der Waals surface area contributed by atoms with E-state index in [-0.39, 0.29) is 5.91 Å². The number of carbonyl (C=O) groups is 1. The van der Waals surface area contributed by atoms with E-state index in [0.29, 0.717) is 17.3 Å². The van der Waals surface area contributed by atoms with Gasteiger partial charge in [-0.3, -0.25) is 4.79 Å². The molecule has 0 saturated heterocycles. The number of carbonyl (C=O) groups excluding carboxylic acids is 1. The second-order valence-electron chi connectivity index (χ2n) is 6.08. The third-order valence-corrected chi connectivity index (χ3v) is 4.62. The lowest BCUT2D eigenvalue weighted by molar-refractivity contribution is -0.144. The van der Waals surface area contributed by atoms with Gasteiger partial charge in [0.2, 0.25) is 0 Å². The van der Waals surface area contributed by atoms with Crippen molar-refractivity contribution in [3.05, 3.63) is 59.1 Å². The van der Waals surface area contributed by atoms with Crippen LogP contribution in [0.5, 0.6) is 5.75 Å². The van der Waals surface area contributed by atoms with E-state index in [4.69, 9.17) is 16.3 Å². The average molecular weight is 364 g/mol. The number of amides is 1. The summed E-state index contributed by atoms with van der Waals surface area (Å²) in [6.07, 6.45) is 2.04. The van der Waals surface area contributed by atoms with Crippen LogP contribution in [0.3, 0.4) is 0 Å². The molecular formula is C19H22ClNO2S. The van der Waals surface area contributed by atoms with Gasteiger partial charge in [-0.1, -0.05) is 23.7 Å². The Hall–Kier alpha value is -1.65. The largest absolute Gasteiger partial charge is 0.478 e. The fraction of sp³-hybridized carbons (Fsp3) is 0.316. The van der Waals surface area contributed by atoms with E-state index in [0.717, 1.165) is 5.56 Å². The summed E-state index contributed by atoms with van der Waals surface area (Å²) in [4.78, 5) is 15.6. The number of benzene rings is 2. The molecule has 128 valence electrons. The third-order valence-electron chi connectivity index (χ3n) is 3.63. The van der Waals surface area contributed by atoms with Crippen molar-refractivity contribution in [3.8, 4) is 5.75 Å². The summed E-state index contributed by atoms with van der Waals surface area (Å²) in [7, 11) is 1.79. The van der Waals surface area contributed by atoms with Gasteiger partial charge in [-0.25, -0.2) is 0 Å². The molecule has 2 aromatic carbocycles. The molecule has 0 bridgehead atoms. The fourth-order valence-electron chi connectivity index (χ4n) is 2.38. The number of ether oxygens (including phenoxy) is 1. The molecule has 24 heavy (non-hydrogen) atoms. The molecule has 0 fully saturated rings. The molecule has 0 aliphatic rings. The van der Waals surface area contributed by atoms with Crippen molar-refractivity contribution >= 4 is 29.3 Å². The van der Waals surface area contributed by atoms with Gasteiger partial charge < -0.3 is 9.64 Å². The predicted octanol–water partition coefficient (Wildman–Crippen LogP) is 4.88. The maximum atomic E-state index is 12.7. The van der Waals surface area contributed by atoms with Crippen molar-refractivity contribution in [2.75, 3.05) is 13.3 Å². The van der Waals surface area contributed by atoms with E-state index in [1.807, 2.05) is 18.4 Å². The highest BCUT2D eigenvalue weighted by Crippen LogP contribution is 2.23. The lowest BCUT2D eigenvalue weighted by Crippen LogP contribution is -2.47. The van der Waals surface area contributed by atoms with Crippen LogP contribution in [0.15, 0.2) is 53.4 Å². The summed E-state index contributed by atoms with van der Waals surface area (Å²) < 4.78 is 5.86. The van der Waals surface area contributed by atoms with Gasteiger partial charge in [0.25, 0.3) is 5.91 Å². The fourth-order valence-corrected chi connectivity index (χ4v) is 2.91. The van der Waals surface area contributed by atoms with Crippen LogP contribution in [-0.2, 0) is 11.3 Å². The molecule has 0 aromatic heterocycles. The predicted molar refractivity (Wildman–Crippen MR) is 101 cm³/mol. The van der Waals surface area contributed by atoms with Gasteiger partial charge in [0.15, 0.2) is 5.60 Å². The Balaban J connectivity index is 2.02. The zero-order chi connectivity index (χ0) is 17.7. The smallest absolute Gasteiger partial charge is 0.266 e. The molecule has 0 aliphatic carbocycles. The summed E-state index contributed by atoms with van der Waals surface area (Å²) in [5, 5.41) is 0.636. The van der Waals surface area contributed by atoms with Gasteiger partial charge in [0.05, 0.1) is 0 Å². The summed E-state index contributed by atoms with van der Waals surface area (Å²) in [5.74, 6) is 0.543. The minimum atomic E-state index is -0.957. The normalized spacial score (nSPS) is 11.2. The highest BCUT2D eigenvalue weighted by Gasteiger charge is 2.32. The van der Waals surface area contributed by atoms with Crippen molar-refractivity contribution in [1.82, 2.24) is 4.90 Å². The zero-order valence-electron chi connectivity index (χ0n) is 14.4. The Morgan fingerprint density at radius 2 is 1.71 bits per heavy atom. The van der Waals surface area contributed by atoms with Crippen LogP contribution in [0.4, 0.5) is 0 Å². The molecule has 0 saturated carbocycles. The number of halogens is 1. The Morgan fingerprint density at radius 3 is 2.25 bits per heavy atom. The van der Waals surface area contributed by atoms with Crippen molar-refractivity contribution in [1.29, 1.82) is 0 Å². The van der Waals surface area contributed by atoms with Crippen LogP contribution in [0.1, 0.15) is 19.4 Å². The molecule has 0 aliphatic heterocycles. The Bertz CT molecular complexity index is 684. The summed E-state index contributed by atoms with van der Waals surface area (Å²) in [6, 6.07) is 15.2. The topological polar surface area (TPSA) is 29.5 Å². The number of thioether (sulfide) groups is 1. The quantitative estimate of drug-likeness (QED) is 0.685. The summed E-state index contributed by atoms with van der Waals surface area (Å²) >= 11 is 7.57. The van der Waals surface area contributed by atoms with Crippen molar-refractivity contribution in [2.24, 2.45) is 0 Å². The molecule has 0 heterocycles. The van der Waals surface area contributed by atoms with Crippen LogP contribution < -0.4 is 4.74 Å². The lowest BCUT2D eigenvalue weighted by Gasteiger charge is -2.30. The van der Waals surface area contributed by atoms with Crippen LogP contribution >= 0.6 is 23.4 Å². The average Bonchev–Trinajstić information content (AvgIpc) is 2.56. The molecule has 2 aromatic rings. The van der Waals surface area contributed by atoms with E-state index in [2.05, 4.69) is 12.1 Å². The second-order valence-corrected chi connectivity index (χ2v) is 7.39. The molecule has 2 rings (SSSR count). The van der Waals surface area contributed by atoms with Gasteiger partial charge in [-0.05, 0) is 62.1 Å². The highest BCUT2D eigenvalue weighted by molar-refractivity contribution is 7.98. The van der Waals surface area contributed by atoms with Crippen LogP contribution in [0, 0.1) is 0 Å². The Morgan fingerprint density at radius 1 is 1.12 bits per heavy atom. The number of rotatable bonds is 6. The van der Waals surface area contributed by atoms with Gasteiger partial charge >= 0.3 is 0 Å². The minimum Gasteiger partial charge on any atom is -0.478 e. The number of likely N-dealkylation sites (N-methyl/N-ethyl adjacent to an activating group) is 1. The first-order chi connectivity index (χ1) is 11.3. The van der Waals surface area contributed by atoms with Gasteiger partial charge in [-0.15, -0.1) is 11.8 Å².